The van der Waals surface area contributed by atoms with E-state index in [1.807, 2.05) is 37.2 Å². The van der Waals surface area contributed by atoms with Crippen molar-refractivity contribution in [2.75, 3.05) is 31.4 Å². The molecule has 0 aliphatic rings. The fourth-order valence-corrected chi connectivity index (χ4v) is 2.91. The minimum atomic E-state index is -0.267. The fraction of sp³-hybridized carbons (Fsp3) is 0.174. The lowest BCUT2D eigenvalue weighted by atomic mass is 10.1. The molecule has 0 aliphatic carbocycles. The van der Waals surface area contributed by atoms with Crippen LogP contribution in [0.4, 0.5) is 11.4 Å². The van der Waals surface area contributed by atoms with Gasteiger partial charge >= 0.3 is 0 Å². The van der Waals surface area contributed by atoms with Crippen LogP contribution in [0.5, 0.6) is 5.75 Å². The number of ether oxygens (including phenoxy) is 1. The number of benzene rings is 2. The molecule has 154 valence electrons. The van der Waals surface area contributed by atoms with Crippen molar-refractivity contribution in [3.8, 4) is 5.75 Å². The van der Waals surface area contributed by atoms with Gasteiger partial charge in [0.05, 0.1) is 12.7 Å². The van der Waals surface area contributed by atoms with Crippen molar-refractivity contribution in [3.63, 3.8) is 0 Å². The Balaban J connectivity index is 1.77. The fourth-order valence-electron chi connectivity index (χ4n) is 2.91. The monoisotopic (exact) mass is 404 g/mol. The molecular weight excluding hydrogens is 380 g/mol. The standard InChI is InChI=1S/C23H24N4O3/c1-27(2)21-11-8-18(26-22(28)17-6-9-19(30-3)10-7-17)13-20(21)23(29)25-15-16-5-4-12-24-14-16/h4-14H,15H2,1-3H3,(H,25,29)(H,26,28). The maximum Gasteiger partial charge on any atom is 0.255 e. The highest BCUT2D eigenvalue weighted by Gasteiger charge is 2.15. The SMILES string of the molecule is COc1ccc(C(=O)Nc2ccc(N(C)C)c(C(=O)NCc3cccnc3)c2)cc1. The van der Waals surface area contributed by atoms with Crippen LogP contribution in [0.3, 0.4) is 0 Å². The first-order chi connectivity index (χ1) is 14.5. The minimum absolute atomic E-state index is 0.233. The molecule has 7 heteroatoms. The Morgan fingerprint density at radius 1 is 1.03 bits per heavy atom. The number of nitrogens with one attached hydrogen (secondary N) is 2. The Labute approximate surface area is 175 Å². The van der Waals surface area contributed by atoms with Crippen LogP contribution in [0.15, 0.2) is 67.0 Å². The van der Waals surface area contributed by atoms with Crippen molar-refractivity contribution in [1.29, 1.82) is 0 Å². The Hall–Kier alpha value is -3.87. The average molecular weight is 404 g/mol. The second-order valence-corrected chi connectivity index (χ2v) is 6.85. The van der Waals surface area contributed by atoms with E-state index in [2.05, 4.69) is 15.6 Å². The number of carbonyl (C=O) groups excluding carboxylic acids is 2. The molecule has 2 amide bonds. The van der Waals surface area contributed by atoms with E-state index >= 15 is 0 Å². The smallest absolute Gasteiger partial charge is 0.255 e. The third-order valence-corrected chi connectivity index (χ3v) is 4.51. The molecule has 1 heterocycles. The van der Waals surface area contributed by atoms with E-state index in [1.54, 1.807) is 55.9 Å². The number of carbonyl (C=O) groups is 2. The van der Waals surface area contributed by atoms with Gasteiger partial charge in [-0.15, -0.1) is 0 Å². The van der Waals surface area contributed by atoms with E-state index in [1.165, 1.54) is 0 Å². The molecule has 2 N–H and O–H groups in total. The molecule has 0 saturated carbocycles. The number of pyridine rings is 1. The molecule has 30 heavy (non-hydrogen) atoms. The molecule has 0 atom stereocenters. The van der Waals surface area contributed by atoms with E-state index < -0.39 is 0 Å². The second kappa shape index (κ2) is 9.56. The zero-order valence-electron chi connectivity index (χ0n) is 17.2. The first-order valence-electron chi connectivity index (χ1n) is 9.42. The maximum atomic E-state index is 12.8. The van der Waals surface area contributed by atoms with Gasteiger partial charge in [-0.3, -0.25) is 14.6 Å². The van der Waals surface area contributed by atoms with Gasteiger partial charge in [0, 0.05) is 50.0 Å². The lowest BCUT2D eigenvalue weighted by Gasteiger charge is -2.18. The number of anilines is 2. The van der Waals surface area contributed by atoms with Crippen molar-refractivity contribution in [1.82, 2.24) is 10.3 Å². The van der Waals surface area contributed by atoms with Crippen LogP contribution in [0.2, 0.25) is 0 Å². The summed E-state index contributed by atoms with van der Waals surface area (Å²) in [5, 5.41) is 5.75. The number of methoxy groups -OCH3 is 1. The molecule has 2 aromatic carbocycles. The van der Waals surface area contributed by atoms with Gasteiger partial charge < -0.3 is 20.3 Å². The van der Waals surface area contributed by atoms with Crippen LogP contribution in [-0.4, -0.2) is 38.0 Å². The molecule has 0 saturated heterocycles. The summed E-state index contributed by atoms with van der Waals surface area (Å²) in [6.07, 6.45) is 3.39. The number of amides is 2. The summed E-state index contributed by atoms with van der Waals surface area (Å²) < 4.78 is 5.12. The van der Waals surface area contributed by atoms with Gasteiger partial charge in [-0.05, 0) is 54.1 Å². The molecule has 0 unspecified atom stereocenters. The van der Waals surface area contributed by atoms with E-state index in [0.717, 1.165) is 11.3 Å². The largest absolute Gasteiger partial charge is 0.497 e. The maximum absolute atomic E-state index is 12.8. The molecule has 3 rings (SSSR count). The highest BCUT2D eigenvalue weighted by Crippen LogP contribution is 2.24. The summed E-state index contributed by atoms with van der Waals surface area (Å²) in [5.74, 6) is 0.175. The minimum Gasteiger partial charge on any atom is -0.497 e. The van der Waals surface area contributed by atoms with Gasteiger partial charge in [-0.2, -0.15) is 0 Å². The van der Waals surface area contributed by atoms with Crippen LogP contribution >= 0.6 is 0 Å². The highest BCUT2D eigenvalue weighted by molar-refractivity contribution is 6.06. The number of aromatic nitrogens is 1. The van der Waals surface area contributed by atoms with Crippen LogP contribution in [-0.2, 0) is 6.54 Å². The summed E-state index contributed by atoms with van der Waals surface area (Å²) in [6, 6.07) is 15.8. The lowest BCUT2D eigenvalue weighted by Crippen LogP contribution is -2.25. The van der Waals surface area contributed by atoms with E-state index in [0.29, 0.717) is 29.1 Å². The van der Waals surface area contributed by atoms with Gasteiger partial charge in [-0.25, -0.2) is 0 Å². The van der Waals surface area contributed by atoms with Crippen molar-refractivity contribution in [3.05, 3.63) is 83.7 Å². The number of hydrogen-bond donors (Lipinski definition) is 2. The van der Waals surface area contributed by atoms with Gasteiger partial charge in [-0.1, -0.05) is 6.07 Å². The molecule has 0 fully saturated rings. The zero-order valence-corrected chi connectivity index (χ0v) is 17.2. The Bertz CT molecular complexity index is 1020. The van der Waals surface area contributed by atoms with Gasteiger partial charge in [0.2, 0.25) is 0 Å². The third kappa shape index (κ3) is 5.14. The van der Waals surface area contributed by atoms with Crippen LogP contribution < -0.4 is 20.3 Å². The molecule has 3 aromatic rings. The summed E-state index contributed by atoms with van der Waals surface area (Å²) in [7, 11) is 5.30. The van der Waals surface area contributed by atoms with Gasteiger partial charge in [0.25, 0.3) is 11.8 Å². The van der Waals surface area contributed by atoms with Crippen LogP contribution in [0.25, 0.3) is 0 Å². The number of rotatable bonds is 7. The topological polar surface area (TPSA) is 83.6 Å². The Morgan fingerprint density at radius 2 is 1.80 bits per heavy atom. The molecule has 0 aliphatic heterocycles. The van der Waals surface area contributed by atoms with Gasteiger partial charge in [0.1, 0.15) is 5.75 Å². The van der Waals surface area contributed by atoms with E-state index in [9.17, 15) is 9.59 Å². The molecule has 0 bridgehead atoms. The molecule has 7 nitrogen and oxygen atoms in total. The molecule has 1 aromatic heterocycles. The summed E-state index contributed by atoms with van der Waals surface area (Å²) >= 11 is 0. The van der Waals surface area contributed by atoms with Crippen LogP contribution in [0.1, 0.15) is 26.3 Å². The molecule has 0 radical (unpaired) electrons. The second-order valence-electron chi connectivity index (χ2n) is 6.85. The summed E-state index contributed by atoms with van der Waals surface area (Å²) in [5.41, 5.74) is 3.15. The van der Waals surface area contributed by atoms with Gasteiger partial charge in [0.15, 0.2) is 0 Å². The van der Waals surface area contributed by atoms with Crippen molar-refractivity contribution >= 4 is 23.2 Å². The Morgan fingerprint density at radius 3 is 2.43 bits per heavy atom. The molecule has 0 spiro atoms. The first kappa shape index (κ1) is 20.9. The summed E-state index contributed by atoms with van der Waals surface area (Å²) in [4.78, 5) is 31.3. The first-order valence-corrected chi connectivity index (χ1v) is 9.42. The highest BCUT2D eigenvalue weighted by atomic mass is 16.5. The lowest BCUT2D eigenvalue weighted by molar-refractivity contribution is 0.0950. The zero-order chi connectivity index (χ0) is 21.5. The van der Waals surface area contributed by atoms with E-state index in [4.69, 9.17) is 4.74 Å². The molecular formula is C23H24N4O3. The predicted molar refractivity (Wildman–Crippen MR) is 117 cm³/mol. The van der Waals surface area contributed by atoms with Crippen molar-refractivity contribution in [2.45, 2.75) is 6.54 Å². The Kier molecular flexibility index (Phi) is 6.64. The number of nitrogens with zero attached hydrogens (tertiary/aromatic N) is 2. The van der Waals surface area contributed by atoms with E-state index in [-0.39, 0.29) is 11.8 Å². The normalized spacial score (nSPS) is 10.2. The van der Waals surface area contributed by atoms with Crippen LogP contribution in [0, 0.1) is 0 Å². The predicted octanol–water partition coefficient (Wildman–Crippen LogP) is 3.34. The summed E-state index contributed by atoms with van der Waals surface area (Å²) in [6.45, 7) is 0.363. The van der Waals surface area contributed by atoms with Crippen molar-refractivity contribution in [2.24, 2.45) is 0 Å². The average Bonchev–Trinajstić information content (AvgIpc) is 2.78. The third-order valence-electron chi connectivity index (χ3n) is 4.51. The van der Waals surface area contributed by atoms with Crippen molar-refractivity contribution < 1.29 is 14.3 Å². The number of hydrogen-bond acceptors (Lipinski definition) is 5. The quantitative estimate of drug-likeness (QED) is 0.631.